The minimum atomic E-state index is -0.276. The number of amides is 2. The van der Waals surface area contributed by atoms with Crippen molar-refractivity contribution < 1.29 is 13.9 Å². The zero-order chi connectivity index (χ0) is 15.4. The number of hydrogen-bond acceptors (Lipinski definition) is 2. The highest BCUT2D eigenvalue weighted by molar-refractivity contribution is 5.89. The molecule has 0 heterocycles. The summed E-state index contributed by atoms with van der Waals surface area (Å²) in [5.74, 6) is 0.389. The highest BCUT2D eigenvalue weighted by Gasteiger charge is 2.23. The van der Waals surface area contributed by atoms with Gasteiger partial charge in [-0.15, -0.1) is 0 Å². The molecule has 114 valence electrons. The average molecular weight is 300 g/mol. The first kappa shape index (κ1) is 14.4. The van der Waals surface area contributed by atoms with Gasteiger partial charge >= 0.3 is 6.03 Å². The van der Waals surface area contributed by atoms with Gasteiger partial charge in [-0.2, -0.15) is 0 Å². The summed E-state index contributed by atoms with van der Waals surface area (Å²) in [6.45, 7) is 0.298. The molecule has 0 bridgehead atoms. The molecule has 1 aliphatic rings. The summed E-state index contributed by atoms with van der Waals surface area (Å²) in [4.78, 5) is 11.6. The zero-order valence-corrected chi connectivity index (χ0v) is 12.0. The van der Waals surface area contributed by atoms with E-state index >= 15 is 0 Å². The Bertz CT molecular complexity index is 654. The van der Waals surface area contributed by atoms with E-state index in [1.807, 2.05) is 0 Å². The van der Waals surface area contributed by atoms with E-state index < -0.39 is 0 Å². The molecule has 2 aromatic rings. The third kappa shape index (κ3) is 4.22. The lowest BCUT2D eigenvalue weighted by Gasteiger charge is -2.09. The molecule has 1 aliphatic carbocycles. The molecule has 2 aromatic carbocycles. The van der Waals surface area contributed by atoms with Crippen molar-refractivity contribution in [1.82, 2.24) is 5.32 Å². The summed E-state index contributed by atoms with van der Waals surface area (Å²) >= 11 is 0. The molecule has 3 rings (SSSR count). The second-order valence-electron chi connectivity index (χ2n) is 5.32. The first-order valence-electron chi connectivity index (χ1n) is 7.24. The molecule has 22 heavy (non-hydrogen) atoms. The van der Waals surface area contributed by atoms with E-state index in [9.17, 15) is 9.18 Å². The van der Waals surface area contributed by atoms with E-state index in [-0.39, 0.29) is 11.8 Å². The number of carbonyl (C=O) groups excluding carboxylic acids is 1. The van der Waals surface area contributed by atoms with E-state index in [1.165, 1.54) is 12.1 Å². The van der Waals surface area contributed by atoms with Crippen LogP contribution in [-0.2, 0) is 6.61 Å². The van der Waals surface area contributed by atoms with E-state index in [0.717, 1.165) is 18.4 Å². The van der Waals surface area contributed by atoms with Gasteiger partial charge in [0.2, 0.25) is 0 Å². The summed E-state index contributed by atoms with van der Waals surface area (Å²) in [6.07, 6.45) is 2.11. The Kier molecular flexibility index (Phi) is 4.23. The van der Waals surface area contributed by atoms with Crippen molar-refractivity contribution in [3.8, 4) is 5.75 Å². The minimum Gasteiger partial charge on any atom is -0.489 e. The second kappa shape index (κ2) is 6.47. The molecule has 1 saturated carbocycles. The summed E-state index contributed by atoms with van der Waals surface area (Å²) in [7, 11) is 0. The van der Waals surface area contributed by atoms with Gasteiger partial charge < -0.3 is 15.4 Å². The second-order valence-corrected chi connectivity index (χ2v) is 5.32. The van der Waals surface area contributed by atoms with E-state index in [1.54, 1.807) is 36.4 Å². The summed E-state index contributed by atoms with van der Waals surface area (Å²) < 4.78 is 18.6. The Morgan fingerprint density at radius 2 is 1.95 bits per heavy atom. The van der Waals surface area contributed by atoms with Crippen LogP contribution >= 0.6 is 0 Å². The standard InChI is InChI=1S/C17H17FN2O2/c18-13-3-1-2-12(10-13)11-22-16-8-6-15(7-9-16)20-17(21)19-14-4-5-14/h1-3,6-10,14H,4-5,11H2,(H2,19,20,21). The number of nitrogens with one attached hydrogen (secondary N) is 2. The van der Waals surface area contributed by atoms with Crippen LogP contribution in [0.4, 0.5) is 14.9 Å². The number of anilines is 1. The molecule has 0 aromatic heterocycles. The maximum atomic E-state index is 13.1. The number of benzene rings is 2. The zero-order valence-electron chi connectivity index (χ0n) is 12.0. The average Bonchev–Trinajstić information content (AvgIpc) is 3.30. The topological polar surface area (TPSA) is 50.4 Å². The lowest BCUT2D eigenvalue weighted by Crippen LogP contribution is -2.30. The summed E-state index contributed by atoms with van der Waals surface area (Å²) in [5.41, 5.74) is 1.47. The van der Waals surface area contributed by atoms with Gasteiger partial charge in [-0.3, -0.25) is 0 Å². The monoisotopic (exact) mass is 300 g/mol. The molecule has 0 atom stereocenters. The third-order valence-electron chi connectivity index (χ3n) is 3.32. The van der Waals surface area contributed by atoms with Crippen LogP contribution in [0.2, 0.25) is 0 Å². The van der Waals surface area contributed by atoms with Crippen molar-refractivity contribution in [3.63, 3.8) is 0 Å². The number of urea groups is 1. The largest absolute Gasteiger partial charge is 0.489 e. The molecule has 5 heteroatoms. The fourth-order valence-corrected chi connectivity index (χ4v) is 2.01. The summed E-state index contributed by atoms with van der Waals surface area (Å²) in [5, 5.41) is 5.62. The summed E-state index contributed by atoms with van der Waals surface area (Å²) in [6, 6.07) is 13.5. The highest BCUT2D eigenvalue weighted by atomic mass is 19.1. The van der Waals surface area contributed by atoms with Crippen molar-refractivity contribution in [2.75, 3.05) is 5.32 Å². The lowest BCUT2D eigenvalue weighted by molar-refractivity contribution is 0.251. The van der Waals surface area contributed by atoms with E-state index in [0.29, 0.717) is 24.1 Å². The molecule has 0 aliphatic heterocycles. The minimum absolute atomic E-state index is 0.184. The fraction of sp³-hybridized carbons (Fsp3) is 0.235. The van der Waals surface area contributed by atoms with Crippen molar-refractivity contribution >= 4 is 11.7 Å². The number of carbonyl (C=O) groups is 1. The van der Waals surface area contributed by atoms with Crippen molar-refractivity contribution in [1.29, 1.82) is 0 Å². The number of halogens is 1. The molecule has 2 amide bonds. The maximum absolute atomic E-state index is 13.1. The molecule has 0 unspecified atom stereocenters. The Balaban J connectivity index is 1.51. The van der Waals surface area contributed by atoms with Crippen LogP contribution in [0.3, 0.4) is 0 Å². The molecule has 0 spiro atoms. The van der Waals surface area contributed by atoms with Gasteiger partial charge in [0.25, 0.3) is 0 Å². The van der Waals surface area contributed by atoms with Crippen molar-refractivity contribution in [2.45, 2.75) is 25.5 Å². The molecular formula is C17H17FN2O2. The number of rotatable bonds is 5. The molecule has 4 nitrogen and oxygen atoms in total. The van der Waals surface area contributed by atoms with Gasteiger partial charge in [0, 0.05) is 11.7 Å². The molecule has 1 fully saturated rings. The maximum Gasteiger partial charge on any atom is 0.319 e. The molecule has 0 saturated heterocycles. The van der Waals surface area contributed by atoms with Crippen LogP contribution < -0.4 is 15.4 Å². The highest BCUT2D eigenvalue weighted by Crippen LogP contribution is 2.20. The number of ether oxygens (including phenoxy) is 1. The van der Waals surface area contributed by atoms with Gasteiger partial charge in [0.1, 0.15) is 18.2 Å². The first-order valence-corrected chi connectivity index (χ1v) is 7.24. The Labute approximate surface area is 128 Å². The molecule has 2 N–H and O–H groups in total. The SMILES string of the molecule is O=C(Nc1ccc(OCc2cccc(F)c2)cc1)NC1CC1. The lowest BCUT2D eigenvalue weighted by atomic mass is 10.2. The van der Waals surface area contributed by atoms with Crippen LogP contribution in [0.1, 0.15) is 18.4 Å². The van der Waals surface area contributed by atoms with Crippen LogP contribution in [0.15, 0.2) is 48.5 Å². The first-order chi connectivity index (χ1) is 10.7. The smallest absolute Gasteiger partial charge is 0.319 e. The predicted octanol–water partition coefficient (Wildman–Crippen LogP) is 3.69. The van der Waals surface area contributed by atoms with Gasteiger partial charge in [-0.05, 0) is 54.8 Å². The quantitative estimate of drug-likeness (QED) is 0.885. The normalized spacial score (nSPS) is 13.5. The Morgan fingerprint density at radius 3 is 2.64 bits per heavy atom. The van der Waals surface area contributed by atoms with Crippen molar-refractivity contribution in [3.05, 3.63) is 59.9 Å². The van der Waals surface area contributed by atoms with E-state index in [4.69, 9.17) is 4.74 Å². The molecule has 0 radical (unpaired) electrons. The van der Waals surface area contributed by atoms with Crippen LogP contribution in [0.5, 0.6) is 5.75 Å². The van der Waals surface area contributed by atoms with Gasteiger partial charge in [0.15, 0.2) is 0 Å². The third-order valence-corrected chi connectivity index (χ3v) is 3.32. The van der Waals surface area contributed by atoms with Crippen LogP contribution in [-0.4, -0.2) is 12.1 Å². The van der Waals surface area contributed by atoms with Gasteiger partial charge in [0.05, 0.1) is 0 Å². The fourth-order valence-electron chi connectivity index (χ4n) is 2.01. The van der Waals surface area contributed by atoms with Crippen LogP contribution in [0, 0.1) is 5.82 Å². The Morgan fingerprint density at radius 1 is 1.18 bits per heavy atom. The van der Waals surface area contributed by atoms with Gasteiger partial charge in [-0.25, -0.2) is 9.18 Å². The predicted molar refractivity (Wildman–Crippen MR) is 82.4 cm³/mol. The van der Waals surface area contributed by atoms with E-state index in [2.05, 4.69) is 10.6 Å². The Hall–Kier alpha value is -2.56. The van der Waals surface area contributed by atoms with Gasteiger partial charge in [-0.1, -0.05) is 12.1 Å². The van der Waals surface area contributed by atoms with Crippen LogP contribution in [0.25, 0.3) is 0 Å². The van der Waals surface area contributed by atoms with Crippen molar-refractivity contribution in [2.24, 2.45) is 0 Å². The number of hydrogen-bond donors (Lipinski definition) is 2. The molecular weight excluding hydrogens is 283 g/mol.